The first-order valence-electron chi connectivity index (χ1n) is 6.08. The van der Waals surface area contributed by atoms with E-state index < -0.39 is 28.8 Å². The zero-order valence-electron chi connectivity index (χ0n) is 11.1. The quantitative estimate of drug-likeness (QED) is 0.465. The highest BCUT2D eigenvalue weighted by Crippen LogP contribution is 2.20. The highest BCUT2D eigenvalue weighted by atomic mass is 32.2. The molecule has 0 bridgehead atoms. The summed E-state index contributed by atoms with van der Waals surface area (Å²) in [6.07, 6.45) is -0.838. The topological polar surface area (TPSA) is 139 Å². The second-order valence-corrected chi connectivity index (χ2v) is 6.22. The van der Waals surface area contributed by atoms with E-state index in [1.165, 1.54) is 7.11 Å². The van der Waals surface area contributed by atoms with Gasteiger partial charge in [-0.15, -0.1) is 0 Å². The lowest BCUT2D eigenvalue weighted by Gasteiger charge is -2.29. The van der Waals surface area contributed by atoms with Crippen LogP contribution in [0.1, 0.15) is 12.8 Å². The van der Waals surface area contributed by atoms with Crippen LogP contribution in [-0.2, 0) is 24.5 Å². The Bertz CT molecular complexity index is 458. The summed E-state index contributed by atoms with van der Waals surface area (Å²) in [5.41, 5.74) is 4.82. The number of aliphatic hydroxyl groups is 1. The second-order valence-electron chi connectivity index (χ2n) is 4.47. The Labute approximate surface area is 117 Å². The van der Waals surface area contributed by atoms with Crippen LogP contribution in [0.25, 0.3) is 0 Å². The van der Waals surface area contributed by atoms with Crippen LogP contribution in [0.15, 0.2) is 0 Å². The molecule has 4 N–H and O–H groups in total. The van der Waals surface area contributed by atoms with E-state index in [1.807, 2.05) is 0 Å². The van der Waals surface area contributed by atoms with Crippen LogP contribution < -0.4 is 10.5 Å². The minimum absolute atomic E-state index is 0.168. The third-order valence-corrected chi connectivity index (χ3v) is 4.69. The van der Waals surface area contributed by atoms with E-state index in [4.69, 9.17) is 10.8 Å². The normalized spacial score (nSPS) is 19.5. The van der Waals surface area contributed by atoms with Crippen molar-refractivity contribution in [2.75, 3.05) is 26.7 Å². The van der Waals surface area contributed by atoms with Crippen molar-refractivity contribution in [2.45, 2.75) is 18.9 Å². The number of nitrogens with two attached hydrogens (primary N) is 1. The summed E-state index contributed by atoms with van der Waals surface area (Å²) in [4.78, 5) is 21.9. The number of esters is 1. The Morgan fingerprint density at radius 3 is 2.45 bits per heavy atom. The minimum Gasteiger partial charge on any atom is -0.469 e. The molecule has 1 saturated heterocycles. The van der Waals surface area contributed by atoms with Gasteiger partial charge in [-0.2, -0.15) is 17.4 Å². The highest BCUT2D eigenvalue weighted by molar-refractivity contribution is 7.87. The van der Waals surface area contributed by atoms with Gasteiger partial charge in [-0.25, -0.2) is 0 Å². The zero-order chi connectivity index (χ0) is 15.3. The molecular weight excluding hydrogens is 290 g/mol. The Kier molecular flexibility index (Phi) is 5.87. The molecule has 1 unspecified atom stereocenters. The molecule has 10 heteroatoms. The van der Waals surface area contributed by atoms with Gasteiger partial charge in [0.2, 0.25) is 5.91 Å². The number of carbonyl (C=O) groups excluding carboxylic acids is 2. The Morgan fingerprint density at radius 1 is 1.45 bits per heavy atom. The summed E-state index contributed by atoms with van der Waals surface area (Å²) in [7, 11) is -2.51. The lowest BCUT2D eigenvalue weighted by Crippen LogP contribution is -2.49. The maximum Gasteiger partial charge on any atom is 0.308 e. The molecule has 0 aromatic carbocycles. The molecule has 1 atom stereocenters. The number of methoxy groups -OCH3 is 1. The van der Waals surface area contributed by atoms with Gasteiger partial charge in [0.05, 0.1) is 13.0 Å². The first-order valence-corrected chi connectivity index (χ1v) is 7.52. The molecule has 1 fully saturated rings. The van der Waals surface area contributed by atoms with E-state index >= 15 is 0 Å². The summed E-state index contributed by atoms with van der Waals surface area (Å²) < 4.78 is 31.6. The Balaban J connectivity index is 2.50. The monoisotopic (exact) mass is 309 g/mol. The van der Waals surface area contributed by atoms with Crippen molar-refractivity contribution in [2.24, 2.45) is 11.7 Å². The van der Waals surface area contributed by atoms with Crippen molar-refractivity contribution in [3.05, 3.63) is 0 Å². The van der Waals surface area contributed by atoms with E-state index in [0.29, 0.717) is 12.8 Å². The van der Waals surface area contributed by atoms with Gasteiger partial charge in [-0.1, -0.05) is 0 Å². The van der Waals surface area contributed by atoms with Gasteiger partial charge in [0.1, 0.15) is 6.10 Å². The van der Waals surface area contributed by atoms with Gasteiger partial charge in [0.15, 0.2) is 0 Å². The number of primary amides is 1. The van der Waals surface area contributed by atoms with Crippen LogP contribution in [-0.4, -0.2) is 62.6 Å². The lowest BCUT2D eigenvalue weighted by atomic mass is 9.99. The molecule has 1 aliphatic heterocycles. The molecule has 0 aromatic rings. The van der Waals surface area contributed by atoms with E-state index in [1.54, 1.807) is 0 Å². The number of nitrogens with zero attached hydrogens (tertiary/aromatic N) is 1. The Morgan fingerprint density at radius 2 is 2.00 bits per heavy atom. The van der Waals surface area contributed by atoms with Crippen LogP contribution in [0.5, 0.6) is 0 Å². The number of rotatable bonds is 6. The smallest absolute Gasteiger partial charge is 0.308 e. The van der Waals surface area contributed by atoms with Crippen molar-refractivity contribution in [3.8, 4) is 0 Å². The van der Waals surface area contributed by atoms with E-state index in [-0.39, 0.29) is 25.0 Å². The van der Waals surface area contributed by atoms with Gasteiger partial charge in [0, 0.05) is 19.6 Å². The molecular formula is C10H19N3O6S. The molecule has 0 spiro atoms. The summed E-state index contributed by atoms with van der Waals surface area (Å²) >= 11 is 0. The highest BCUT2D eigenvalue weighted by Gasteiger charge is 2.31. The fourth-order valence-corrected chi connectivity index (χ4v) is 3.12. The molecule has 9 nitrogen and oxygen atoms in total. The fourth-order valence-electron chi connectivity index (χ4n) is 1.87. The molecule has 1 heterocycles. The zero-order valence-corrected chi connectivity index (χ0v) is 11.9. The Hall–Kier alpha value is -1.23. The standard InChI is InChI=1S/C10H19N3O6S/c1-19-10(16)7-2-4-13(5-3-7)20(17,18)12-6-8(14)9(11)15/h7-8,12,14H,2-6H2,1H3,(H2,11,15). The predicted molar refractivity (Wildman–Crippen MR) is 68.4 cm³/mol. The summed E-state index contributed by atoms with van der Waals surface area (Å²) in [5, 5.41) is 9.15. The van der Waals surface area contributed by atoms with Crippen LogP contribution in [0, 0.1) is 5.92 Å². The largest absolute Gasteiger partial charge is 0.469 e. The first kappa shape index (κ1) is 16.8. The first-order chi connectivity index (χ1) is 9.27. The maximum atomic E-state index is 11.9. The van der Waals surface area contributed by atoms with Crippen LogP contribution in [0.3, 0.4) is 0 Å². The molecule has 0 aliphatic carbocycles. The molecule has 20 heavy (non-hydrogen) atoms. The average Bonchev–Trinajstić information content (AvgIpc) is 2.44. The minimum atomic E-state index is -3.80. The molecule has 116 valence electrons. The number of hydrogen-bond donors (Lipinski definition) is 3. The van der Waals surface area contributed by atoms with Gasteiger partial charge in [0.25, 0.3) is 10.2 Å². The molecule has 1 aliphatic rings. The molecule has 0 aromatic heterocycles. The number of piperidine rings is 1. The third kappa shape index (κ3) is 4.40. The van der Waals surface area contributed by atoms with Crippen molar-refractivity contribution in [1.82, 2.24) is 9.03 Å². The summed E-state index contributed by atoms with van der Waals surface area (Å²) in [6.45, 7) is -0.141. The van der Waals surface area contributed by atoms with Gasteiger partial charge in [-0.3, -0.25) is 9.59 Å². The number of aliphatic hydroxyl groups excluding tert-OH is 1. The van der Waals surface area contributed by atoms with Gasteiger partial charge >= 0.3 is 5.97 Å². The maximum absolute atomic E-state index is 11.9. The molecule has 0 saturated carbocycles. The van der Waals surface area contributed by atoms with Crippen LogP contribution in [0.2, 0.25) is 0 Å². The van der Waals surface area contributed by atoms with Crippen molar-refractivity contribution in [1.29, 1.82) is 0 Å². The van der Waals surface area contributed by atoms with Gasteiger partial charge < -0.3 is 15.6 Å². The van der Waals surface area contributed by atoms with E-state index in [2.05, 4.69) is 9.46 Å². The number of amides is 1. The number of hydrogen-bond acceptors (Lipinski definition) is 6. The SMILES string of the molecule is COC(=O)C1CCN(S(=O)(=O)NCC(O)C(N)=O)CC1. The lowest BCUT2D eigenvalue weighted by molar-refractivity contribution is -0.146. The number of carbonyl (C=O) groups is 2. The van der Waals surface area contributed by atoms with Crippen LogP contribution in [0.4, 0.5) is 0 Å². The van der Waals surface area contributed by atoms with Crippen LogP contribution >= 0.6 is 0 Å². The number of ether oxygens (including phenoxy) is 1. The summed E-state index contributed by atoms with van der Waals surface area (Å²) in [5.74, 6) is -1.65. The second kappa shape index (κ2) is 6.97. The molecule has 1 rings (SSSR count). The molecule has 1 amide bonds. The predicted octanol–water partition coefficient (Wildman–Crippen LogP) is -2.45. The average molecular weight is 309 g/mol. The van der Waals surface area contributed by atoms with Crippen molar-refractivity contribution >= 4 is 22.1 Å². The third-order valence-electron chi connectivity index (χ3n) is 3.12. The summed E-state index contributed by atoms with van der Waals surface area (Å²) in [6, 6.07) is 0. The van der Waals surface area contributed by atoms with Gasteiger partial charge in [-0.05, 0) is 12.8 Å². The van der Waals surface area contributed by atoms with Crippen molar-refractivity contribution in [3.63, 3.8) is 0 Å². The van der Waals surface area contributed by atoms with E-state index in [9.17, 15) is 18.0 Å². The van der Waals surface area contributed by atoms with Crippen molar-refractivity contribution < 1.29 is 27.9 Å². The van der Waals surface area contributed by atoms with E-state index in [0.717, 1.165) is 4.31 Å². The number of nitrogens with one attached hydrogen (secondary N) is 1. The molecule has 0 radical (unpaired) electrons. The fraction of sp³-hybridized carbons (Fsp3) is 0.800.